The highest BCUT2D eigenvalue weighted by Gasteiger charge is 2.07. The minimum absolute atomic E-state index is 0.286. The highest BCUT2D eigenvalue weighted by atomic mass is 79.9. The van der Waals surface area contributed by atoms with Gasteiger partial charge in [0.15, 0.2) is 0 Å². The summed E-state index contributed by atoms with van der Waals surface area (Å²) in [5.74, 6) is 0.286. The largest absolute Gasteiger partial charge is 0.508 e. The first-order chi connectivity index (χ1) is 9.10. The van der Waals surface area contributed by atoms with Gasteiger partial charge >= 0.3 is 0 Å². The van der Waals surface area contributed by atoms with E-state index in [1.54, 1.807) is 12.1 Å². The Morgan fingerprint density at radius 1 is 1.21 bits per heavy atom. The number of rotatable bonds is 2. The molecule has 0 aliphatic carbocycles. The Balaban J connectivity index is 2.29. The fraction of sp³-hybridized carbons (Fsp3) is 0.125. The number of allylic oxidation sites excluding steroid dienone is 5. The molecule has 0 bridgehead atoms. The van der Waals surface area contributed by atoms with Crippen molar-refractivity contribution >= 4 is 21.5 Å². The molecular formula is C16H16BrNO. The van der Waals surface area contributed by atoms with Crippen LogP contribution in [0.5, 0.6) is 5.75 Å². The van der Waals surface area contributed by atoms with Crippen LogP contribution in [-0.2, 0) is 0 Å². The van der Waals surface area contributed by atoms with Crippen LogP contribution in [0.15, 0.2) is 65.1 Å². The zero-order valence-electron chi connectivity index (χ0n) is 11.0. The summed E-state index contributed by atoms with van der Waals surface area (Å²) in [5.41, 5.74) is 3.35. The van der Waals surface area contributed by atoms with Gasteiger partial charge in [0.2, 0.25) is 0 Å². The Morgan fingerprint density at radius 3 is 2.53 bits per heavy atom. The third-order valence-corrected chi connectivity index (χ3v) is 3.39. The monoisotopic (exact) mass is 317 g/mol. The molecule has 1 aliphatic heterocycles. The van der Waals surface area contributed by atoms with Gasteiger partial charge < -0.3 is 10.0 Å². The van der Waals surface area contributed by atoms with Gasteiger partial charge in [0.05, 0.1) is 0 Å². The number of halogens is 1. The zero-order chi connectivity index (χ0) is 13.8. The van der Waals surface area contributed by atoms with Crippen LogP contribution < -0.4 is 0 Å². The molecule has 0 spiro atoms. The van der Waals surface area contributed by atoms with Crippen LogP contribution in [0.3, 0.4) is 0 Å². The Labute approximate surface area is 122 Å². The molecule has 1 aromatic rings. The lowest BCUT2D eigenvalue weighted by atomic mass is 10.1. The van der Waals surface area contributed by atoms with Crippen LogP contribution in [0, 0.1) is 0 Å². The van der Waals surface area contributed by atoms with Gasteiger partial charge in [-0.15, -0.1) is 0 Å². The van der Waals surface area contributed by atoms with Gasteiger partial charge in [-0.05, 0) is 65.2 Å². The first-order valence-electron chi connectivity index (χ1n) is 6.08. The van der Waals surface area contributed by atoms with Crippen molar-refractivity contribution in [3.05, 3.63) is 70.6 Å². The molecule has 3 heteroatoms. The molecule has 2 rings (SSSR count). The molecular weight excluding hydrogens is 302 g/mol. The van der Waals surface area contributed by atoms with Crippen LogP contribution in [0.2, 0.25) is 0 Å². The number of phenolic OH excluding ortho intramolecular Hbond substituents is 1. The molecule has 0 aromatic heterocycles. The fourth-order valence-electron chi connectivity index (χ4n) is 1.87. The minimum atomic E-state index is 0.286. The van der Waals surface area contributed by atoms with Crippen LogP contribution in [-0.4, -0.2) is 10.0 Å². The van der Waals surface area contributed by atoms with Crippen LogP contribution in [0.4, 0.5) is 0 Å². The summed E-state index contributed by atoms with van der Waals surface area (Å²) >= 11 is 3.48. The summed E-state index contributed by atoms with van der Waals surface area (Å²) in [4.78, 5) is 2.08. The van der Waals surface area contributed by atoms with Gasteiger partial charge in [-0.25, -0.2) is 0 Å². The number of hydrogen-bond acceptors (Lipinski definition) is 2. The van der Waals surface area contributed by atoms with Crippen molar-refractivity contribution in [2.24, 2.45) is 0 Å². The molecule has 0 fully saturated rings. The molecule has 0 unspecified atom stereocenters. The molecule has 0 radical (unpaired) electrons. The first kappa shape index (κ1) is 13.7. The van der Waals surface area contributed by atoms with Crippen molar-refractivity contribution in [2.45, 2.75) is 13.8 Å². The predicted molar refractivity (Wildman–Crippen MR) is 83.5 cm³/mol. The SMILES string of the molecule is CC=C1C=CC(Br)=CN1/C=C(\C)c1ccc(O)cc1. The molecule has 1 aromatic carbocycles. The summed E-state index contributed by atoms with van der Waals surface area (Å²) in [7, 11) is 0. The van der Waals surface area contributed by atoms with Crippen LogP contribution in [0.25, 0.3) is 5.57 Å². The van der Waals surface area contributed by atoms with E-state index in [0.29, 0.717) is 0 Å². The summed E-state index contributed by atoms with van der Waals surface area (Å²) in [6.45, 7) is 4.07. The Bertz CT molecular complexity index is 579. The molecule has 0 atom stereocenters. The van der Waals surface area contributed by atoms with E-state index in [9.17, 15) is 5.11 Å². The molecule has 98 valence electrons. The smallest absolute Gasteiger partial charge is 0.115 e. The minimum Gasteiger partial charge on any atom is -0.508 e. The van der Waals surface area contributed by atoms with Crippen LogP contribution >= 0.6 is 15.9 Å². The maximum absolute atomic E-state index is 9.31. The van der Waals surface area contributed by atoms with Crippen molar-refractivity contribution in [2.75, 3.05) is 0 Å². The first-order valence-corrected chi connectivity index (χ1v) is 6.87. The normalized spacial score (nSPS) is 17.8. The lowest BCUT2D eigenvalue weighted by Gasteiger charge is -2.21. The summed E-state index contributed by atoms with van der Waals surface area (Å²) in [6, 6.07) is 7.22. The van der Waals surface area contributed by atoms with E-state index in [4.69, 9.17) is 0 Å². The number of benzene rings is 1. The van der Waals surface area contributed by atoms with Gasteiger partial charge in [0.1, 0.15) is 5.75 Å². The highest BCUT2D eigenvalue weighted by Crippen LogP contribution is 2.24. The van der Waals surface area contributed by atoms with E-state index in [1.165, 1.54) is 0 Å². The fourth-order valence-corrected chi connectivity index (χ4v) is 2.22. The van der Waals surface area contributed by atoms with E-state index in [1.807, 2.05) is 31.3 Å². The molecule has 1 aliphatic rings. The topological polar surface area (TPSA) is 23.5 Å². The molecule has 19 heavy (non-hydrogen) atoms. The second-order valence-electron chi connectivity index (χ2n) is 4.33. The number of nitrogens with zero attached hydrogens (tertiary/aromatic N) is 1. The van der Waals surface area contributed by atoms with Gasteiger partial charge in [0, 0.05) is 22.6 Å². The molecule has 2 nitrogen and oxygen atoms in total. The van der Waals surface area contributed by atoms with Gasteiger partial charge in [-0.1, -0.05) is 18.2 Å². The van der Waals surface area contributed by atoms with E-state index >= 15 is 0 Å². The number of aromatic hydroxyl groups is 1. The maximum atomic E-state index is 9.31. The van der Waals surface area contributed by atoms with Crippen molar-refractivity contribution in [3.63, 3.8) is 0 Å². The Kier molecular flexibility index (Phi) is 4.27. The van der Waals surface area contributed by atoms with E-state index in [2.05, 4.69) is 46.1 Å². The number of hydrogen-bond donors (Lipinski definition) is 1. The van der Waals surface area contributed by atoms with E-state index in [-0.39, 0.29) is 5.75 Å². The van der Waals surface area contributed by atoms with Gasteiger partial charge in [-0.3, -0.25) is 0 Å². The average molecular weight is 318 g/mol. The van der Waals surface area contributed by atoms with Crippen LogP contribution in [0.1, 0.15) is 19.4 Å². The third kappa shape index (κ3) is 3.38. The molecule has 0 saturated heterocycles. The average Bonchev–Trinajstić information content (AvgIpc) is 2.39. The molecule has 0 amide bonds. The quantitative estimate of drug-likeness (QED) is 0.849. The van der Waals surface area contributed by atoms with Gasteiger partial charge in [0.25, 0.3) is 0 Å². The summed E-state index contributed by atoms with van der Waals surface area (Å²) in [6.07, 6.45) is 10.2. The van der Waals surface area contributed by atoms with Crippen molar-refractivity contribution < 1.29 is 5.11 Å². The third-order valence-electron chi connectivity index (χ3n) is 2.93. The van der Waals surface area contributed by atoms with Crippen molar-refractivity contribution in [1.82, 2.24) is 4.90 Å². The molecule has 0 saturated carbocycles. The lowest BCUT2D eigenvalue weighted by molar-refractivity contribution is 0.475. The molecule has 1 N–H and O–H groups in total. The second-order valence-corrected chi connectivity index (χ2v) is 5.24. The highest BCUT2D eigenvalue weighted by molar-refractivity contribution is 9.11. The maximum Gasteiger partial charge on any atom is 0.115 e. The summed E-state index contributed by atoms with van der Waals surface area (Å²) in [5, 5.41) is 9.31. The summed E-state index contributed by atoms with van der Waals surface area (Å²) < 4.78 is 1.04. The predicted octanol–water partition coefficient (Wildman–Crippen LogP) is 4.76. The Morgan fingerprint density at radius 2 is 1.89 bits per heavy atom. The van der Waals surface area contributed by atoms with E-state index in [0.717, 1.165) is 21.3 Å². The molecule has 1 heterocycles. The standard InChI is InChI=1S/C16H16BrNO/c1-3-15-7-6-14(17)11-18(15)10-12(2)13-4-8-16(19)9-5-13/h3-11,19H,1-2H3/b12-10+,15-3?. The van der Waals surface area contributed by atoms with Gasteiger partial charge in [-0.2, -0.15) is 0 Å². The lowest BCUT2D eigenvalue weighted by Crippen LogP contribution is -2.11. The van der Waals surface area contributed by atoms with Crippen molar-refractivity contribution in [1.29, 1.82) is 0 Å². The van der Waals surface area contributed by atoms with E-state index < -0.39 is 0 Å². The Hall–Kier alpha value is -1.74. The number of phenols is 1. The zero-order valence-corrected chi connectivity index (χ0v) is 12.6. The second kappa shape index (κ2) is 5.93. The van der Waals surface area contributed by atoms with Crippen molar-refractivity contribution in [3.8, 4) is 5.75 Å².